The van der Waals surface area contributed by atoms with Crippen LogP contribution >= 0.6 is 0 Å². The first kappa shape index (κ1) is 24.1. The first-order chi connectivity index (χ1) is 9.99. The maximum absolute atomic E-state index is 10.7. The molecule has 5 nitrogen and oxygen atoms in total. The molecule has 0 aromatic carbocycles. The molecule has 0 saturated carbocycles. The van der Waals surface area contributed by atoms with E-state index in [1.54, 1.807) is 0 Å². The molecule has 0 saturated heterocycles. The average molecular weight is 340 g/mol. The minimum atomic E-state index is -4.30. The molecule has 0 amide bonds. The molecule has 0 aliphatic carbocycles. The summed E-state index contributed by atoms with van der Waals surface area (Å²) in [7, 11) is -4.30. The zero-order valence-corrected chi connectivity index (χ0v) is 15.4. The molecule has 1 atom stereocenters. The van der Waals surface area contributed by atoms with Crippen LogP contribution in [0.2, 0.25) is 0 Å². The van der Waals surface area contributed by atoms with Crippen molar-refractivity contribution in [3.05, 3.63) is 0 Å². The third kappa shape index (κ3) is 17.9. The van der Waals surface area contributed by atoms with Crippen molar-refractivity contribution in [2.24, 2.45) is 5.92 Å². The van der Waals surface area contributed by atoms with Crippen molar-refractivity contribution in [1.82, 2.24) is 6.15 Å². The molecule has 0 heterocycles. The van der Waals surface area contributed by atoms with E-state index in [0.717, 1.165) is 25.7 Å². The fourth-order valence-electron chi connectivity index (χ4n) is 2.57. The summed E-state index contributed by atoms with van der Waals surface area (Å²) in [5.41, 5.74) is 0. The fourth-order valence-corrected chi connectivity index (χ4v) is 2.93. The smallest absolute Gasteiger partial charge is 0.344 e. The summed E-state index contributed by atoms with van der Waals surface area (Å²) in [5, 5.41) is 0. The number of hydrogen-bond acceptors (Lipinski definition) is 4. The molecule has 0 bridgehead atoms. The van der Waals surface area contributed by atoms with Gasteiger partial charge in [-0.15, -0.1) is 0 Å². The summed E-state index contributed by atoms with van der Waals surface area (Å²) in [6, 6.07) is 0. The number of rotatable bonds is 15. The summed E-state index contributed by atoms with van der Waals surface area (Å²) in [6.45, 7) is 4.51. The molecule has 0 aliphatic rings. The van der Waals surface area contributed by atoms with Crippen LogP contribution in [-0.4, -0.2) is 19.6 Å². The van der Waals surface area contributed by atoms with Crippen molar-refractivity contribution in [3.8, 4) is 0 Å². The Morgan fingerprint density at radius 3 is 1.68 bits per heavy atom. The maximum atomic E-state index is 10.7. The maximum Gasteiger partial charge on any atom is 0.397 e. The van der Waals surface area contributed by atoms with Gasteiger partial charge in [-0.05, 0) is 18.8 Å². The van der Waals surface area contributed by atoms with Crippen LogP contribution in [0, 0.1) is 5.92 Å². The zero-order chi connectivity index (χ0) is 16.0. The molecule has 0 aromatic heterocycles. The fraction of sp³-hybridized carbons (Fsp3) is 1.00. The Hall–Kier alpha value is -0.170. The lowest BCUT2D eigenvalue weighted by atomic mass is 9.95. The topological polar surface area (TPSA) is 98.6 Å². The molecule has 0 fully saturated rings. The van der Waals surface area contributed by atoms with E-state index in [1.807, 2.05) is 0 Å². The normalized spacial score (nSPS) is 12.9. The van der Waals surface area contributed by atoms with Crippen molar-refractivity contribution >= 4 is 10.4 Å². The lowest BCUT2D eigenvalue weighted by Crippen LogP contribution is -2.14. The molecule has 6 heteroatoms. The van der Waals surface area contributed by atoms with Gasteiger partial charge in [0, 0.05) is 0 Å². The van der Waals surface area contributed by atoms with Gasteiger partial charge in [0.2, 0.25) is 0 Å². The summed E-state index contributed by atoms with van der Waals surface area (Å²) >= 11 is 0. The molecule has 136 valence electrons. The first-order valence-electron chi connectivity index (χ1n) is 8.61. The van der Waals surface area contributed by atoms with Crippen molar-refractivity contribution in [2.75, 3.05) is 6.61 Å². The molecule has 0 aromatic rings. The monoisotopic (exact) mass is 339 g/mol. The van der Waals surface area contributed by atoms with Crippen LogP contribution in [0.4, 0.5) is 0 Å². The van der Waals surface area contributed by atoms with E-state index in [2.05, 4.69) is 18.0 Å². The summed E-state index contributed by atoms with van der Waals surface area (Å²) in [6.07, 6.45) is 14.1. The van der Waals surface area contributed by atoms with Gasteiger partial charge in [0.05, 0.1) is 6.61 Å². The van der Waals surface area contributed by atoms with Gasteiger partial charge in [-0.3, -0.25) is 4.55 Å². The minimum Gasteiger partial charge on any atom is -0.344 e. The van der Waals surface area contributed by atoms with Gasteiger partial charge in [0.25, 0.3) is 0 Å². The highest BCUT2D eigenvalue weighted by molar-refractivity contribution is 7.80. The number of hydrogen-bond donors (Lipinski definition) is 2. The van der Waals surface area contributed by atoms with Gasteiger partial charge in [-0.1, -0.05) is 78.1 Å². The van der Waals surface area contributed by atoms with Crippen molar-refractivity contribution in [1.29, 1.82) is 0 Å². The van der Waals surface area contributed by atoms with Gasteiger partial charge in [0.15, 0.2) is 0 Å². The largest absolute Gasteiger partial charge is 0.397 e. The van der Waals surface area contributed by atoms with Crippen molar-refractivity contribution in [3.63, 3.8) is 0 Å². The third-order valence-electron chi connectivity index (χ3n) is 3.88. The van der Waals surface area contributed by atoms with E-state index >= 15 is 0 Å². The Balaban J connectivity index is 0. The summed E-state index contributed by atoms with van der Waals surface area (Å²) < 4.78 is 34.7. The van der Waals surface area contributed by atoms with Crippen molar-refractivity contribution in [2.45, 2.75) is 90.9 Å². The zero-order valence-electron chi connectivity index (χ0n) is 14.6. The van der Waals surface area contributed by atoms with Crippen LogP contribution in [0.3, 0.4) is 0 Å². The van der Waals surface area contributed by atoms with Crippen LogP contribution < -0.4 is 6.15 Å². The molecule has 0 spiro atoms. The van der Waals surface area contributed by atoms with Gasteiger partial charge < -0.3 is 6.15 Å². The Morgan fingerprint density at radius 2 is 1.23 bits per heavy atom. The first-order valence-corrected chi connectivity index (χ1v) is 9.98. The molecule has 4 N–H and O–H groups in total. The Morgan fingerprint density at radius 1 is 0.818 bits per heavy atom. The van der Waals surface area contributed by atoms with Crippen LogP contribution in [0.1, 0.15) is 90.9 Å². The second-order valence-corrected chi connectivity index (χ2v) is 7.08. The molecule has 1 unspecified atom stereocenters. The van der Waals surface area contributed by atoms with Gasteiger partial charge in [-0.2, -0.15) is 8.42 Å². The van der Waals surface area contributed by atoms with E-state index in [4.69, 9.17) is 4.55 Å². The highest BCUT2D eigenvalue weighted by Gasteiger charge is 2.13. The summed E-state index contributed by atoms with van der Waals surface area (Å²) in [4.78, 5) is 0. The molecule has 0 rings (SSSR count). The molecule has 22 heavy (non-hydrogen) atoms. The van der Waals surface area contributed by atoms with Gasteiger partial charge >= 0.3 is 10.4 Å². The van der Waals surface area contributed by atoms with Gasteiger partial charge in [-0.25, -0.2) is 4.18 Å². The Bertz CT molecular complexity index is 320. The quantitative estimate of drug-likeness (QED) is 0.311. The predicted molar refractivity (Wildman–Crippen MR) is 92.8 cm³/mol. The Labute approximate surface area is 137 Å². The van der Waals surface area contributed by atoms with E-state index in [-0.39, 0.29) is 18.7 Å². The Kier molecular flexibility index (Phi) is 17.2. The molecular weight excluding hydrogens is 302 g/mol. The predicted octanol–water partition coefficient (Wildman–Crippen LogP) is 5.31. The molecule has 0 radical (unpaired) electrons. The highest BCUT2D eigenvalue weighted by atomic mass is 32.3. The van der Waals surface area contributed by atoms with Crippen LogP contribution in [0.5, 0.6) is 0 Å². The lowest BCUT2D eigenvalue weighted by molar-refractivity contribution is 0.204. The average Bonchev–Trinajstić information content (AvgIpc) is 2.42. The summed E-state index contributed by atoms with van der Waals surface area (Å²) in [5.74, 6) is 0.245. The minimum absolute atomic E-state index is 0. The van der Waals surface area contributed by atoms with Crippen LogP contribution in [-0.2, 0) is 14.6 Å². The highest BCUT2D eigenvalue weighted by Crippen LogP contribution is 2.19. The van der Waals surface area contributed by atoms with Crippen molar-refractivity contribution < 1.29 is 17.2 Å². The number of unbranched alkanes of at least 4 members (excludes halogenated alkanes) is 8. The second-order valence-electron chi connectivity index (χ2n) is 5.98. The standard InChI is InChI=1S/C16H34O4S.H3N/c1-3-5-7-9-10-12-14-16(13-11-8-6-4-2)15-20-21(17,18)19;/h16H,3-15H2,1-2H3,(H,17,18,19);1H3. The molecule has 0 aliphatic heterocycles. The van der Waals surface area contributed by atoms with E-state index in [9.17, 15) is 8.42 Å². The SMILES string of the molecule is CCCCCCCCC(CCCCCC)COS(=O)(=O)O.N. The van der Waals surface area contributed by atoms with E-state index in [0.29, 0.717) is 0 Å². The van der Waals surface area contributed by atoms with Gasteiger partial charge in [0.1, 0.15) is 0 Å². The molecular formula is C16H37NO4S. The second kappa shape index (κ2) is 15.7. The van der Waals surface area contributed by atoms with E-state index < -0.39 is 10.4 Å². The lowest BCUT2D eigenvalue weighted by Gasteiger charge is -2.15. The van der Waals surface area contributed by atoms with E-state index in [1.165, 1.54) is 51.4 Å². The van der Waals surface area contributed by atoms with Crippen LogP contribution in [0.15, 0.2) is 0 Å². The third-order valence-corrected chi connectivity index (χ3v) is 4.32. The van der Waals surface area contributed by atoms with Crippen LogP contribution in [0.25, 0.3) is 0 Å².